The van der Waals surface area contributed by atoms with E-state index < -0.39 is 0 Å². The molecule has 0 unspecified atom stereocenters. The third-order valence-corrected chi connectivity index (χ3v) is 2.43. The zero-order valence-electron chi connectivity index (χ0n) is 10.4. The van der Waals surface area contributed by atoms with Gasteiger partial charge in [0.15, 0.2) is 5.82 Å². The Kier molecular flexibility index (Phi) is 5.53. The fourth-order valence-corrected chi connectivity index (χ4v) is 1.41. The van der Waals surface area contributed by atoms with Gasteiger partial charge >= 0.3 is 0 Å². The molecule has 0 spiro atoms. The largest absolute Gasteiger partial charge is 0.369 e. The van der Waals surface area contributed by atoms with Gasteiger partial charge in [-0.15, -0.1) is 5.10 Å². The summed E-state index contributed by atoms with van der Waals surface area (Å²) in [6.07, 6.45) is 3.99. The molecular formula is C11H21N5. The lowest BCUT2D eigenvalue weighted by Crippen LogP contribution is -2.24. The van der Waals surface area contributed by atoms with Gasteiger partial charge in [0.05, 0.1) is 6.20 Å². The van der Waals surface area contributed by atoms with Crippen molar-refractivity contribution in [1.29, 1.82) is 0 Å². The molecule has 0 saturated carbocycles. The summed E-state index contributed by atoms with van der Waals surface area (Å²) in [7, 11) is 0. The first-order valence-electron chi connectivity index (χ1n) is 6.00. The predicted octanol–water partition coefficient (Wildman–Crippen LogP) is 1.93. The van der Waals surface area contributed by atoms with E-state index in [1.807, 2.05) is 0 Å². The second kappa shape index (κ2) is 6.98. The van der Waals surface area contributed by atoms with Gasteiger partial charge < -0.3 is 10.2 Å². The van der Waals surface area contributed by atoms with E-state index in [4.69, 9.17) is 0 Å². The Morgan fingerprint density at radius 2 is 2.00 bits per heavy atom. The van der Waals surface area contributed by atoms with Crippen molar-refractivity contribution in [3.8, 4) is 0 Å². The zero-order chi connectivity index (χ0) is 11.8. The lowest BCUT2D eigenvalue weighted by molar-refractivity contribution is 0.788. The van der Waals surface area contributed by atoms with Crippen LogP contribution in [0.2, 0.25) is 0 Å². The molecule has 0 saturated heterocycles. The molecule has 5 heteroatoms. The molecule has 5 nitrogen and oxygen atoms in total. The molecular weight excluding hydrogens is 202 g/mol. The average Bonchev–Trinajstić information content (AvgIpc) is 2.32. The first-order chi connectivity index (χ1) is 7.81. The molecule has 90 valence electrons. The van der Waals surface area contributed by atoms with Crippen molar-refractivity contribution in [1.82, 2.24) is 15.2 Å². The quantitative estimate of drug-likeness (QED) is 0.716. The smallest absolute Gasteiger partial charge is 0.247 e. The fourth-order valence-electron chi connectivity index (χ4n) is 1.41. The SMILES string of the molecule is CCCCNc1cnnc(N(CC)CC)n1. The maximum Gasteiger partial charge on any atom is 0.247 e. The van der Waals surface area contributed by atoms with Crippen molar-refractivity contribution in [3.63, 3.8) is 0 Å². The molecule has 0 aliphatic rings. The van der Waals surface area contributed by atoms with E-state index in [1.54, 1.807) is 6.20 Å². The van der Waals surface area contributed by atoms with E-state index in [-0.39, 0.29) is 0 Å². The fraction of sp³-hybridized carbons (Fsp3) is 0.727. The van der Waals surface area contributed by atoms with E-state index in [0.717, 1.165) is 31.9 Å². The summed E-state index contributed by atoms with van der Waals surface area (Å²) < 4.78 is 0. The van der Waals surface area contributed by atoms with Crippen LogP contribution in [0.3, 0.4) is 0 Å². The number of unbranched alkanes of at least 4 members (excludes halogenated alkanes) is 1. The standard InChI is InChI=1S/C11H21N5/c1-4-7-8-12-10-9-13-15-11(14-10)16(5-2)6-3/h9H,4-8H2,1-3H3,(H,12,14,15). The Morgan fingerprint density at radius 1 is 1.25 bits per heavy atom. The Balaban J connectivity index is 2.62. The van der Waals surface area contributed by atoms with Crippen LogP contribution in [-0.2, 0) is 0 Å². The van der Waals surface area contributed by atoms with Gasteiger partial charge in [-0.3, -0.25) is 0 Å². The second-order valence-corrected chi connectivity index (χ2v) is 3.59. The molecule has 1 N–H and O–H groups in total. The molecule has 0 aromatic carbocycles. The minimum absolute atomic E-state index is 0.700. The van der Waals surface area contributed by atoms with Crippen molar-refractivity contribution >= 4 is 11.8 Å². The third kappa shape index (κ3) is 3.64. The zero-order valence-corrected chi connectivity index (χ0v) is 10.4. The van der Waals surface area contributed by atoms with Crippen LogP contribution in [0.15, 0.2) is 6.20 Å². The van der Waals surface area contributed by atoms with Crippen LogP contribution >= 0.6 is 0 Å². The van der Waals surface area contributed by atoms with Crippen LogP contribution in [-0.4, -0.2) is 34.8 Å². The van der Waals surface area contributed by atoms with Crippen molar-refractivity contribution < 1.29 is 0 Å². The molecule has 0 atom stereocenters. The third-order valence-electron chi connectivity index (χ3n) is 2.43. The van der Waals surface area contributed by atoms with Gasteiger partial charge in [0.25, 0.3) is 0 Å². The van der Waals surface area contributed by atoms with Crippen LogP contribution < -0.4 is 10.2 Å². The summed E-state index contributed by atoms with van der Waals surface area (Å²) >= 11 is 0. The van der Waals surface area contributed by atoms with Gasteiger partial charge in [0.2, 0.25) is 5.95 Å². The number of hydrogen-bond donors (Lipinski definition) is 1. The molecule has 1 aromatic heterocycles. The highest BCUT2D eigenvalue weighted by Crippen LogP contribution is 2.08. The number of rotatable bonds is 7. The van der Waals surface area contributed by atoms with Crippen molar-refractivity contribution in [2.45, 2.75) is 33.6 Å². The lowest BCUT2D eigenvalue weighted by Gasteiger charge is -2.17. The molecule has 0 amide bonds. The maximum absolute atomic E-state index is 4.43. The Hall–Kier alpha value is -1.39. The van der Waals surface area contributed by atoms with Gasteiger partial charge in [-0.25, -0.2) is 0 Å². The molecule has 0 bridgehead atoms. The summed E-state index contributed by atoms with van der Waals surface area (Å²) in [5, 5.41) is 11.2. The molecule has 1 rings (SSSR count). The van der Waals surface area contributed by atoms with Crippen molar-refractivity contribution in [2.24, 2.45) is 0 Å². The topological polar surface area (TPSA) is 53.9 Å². The highest BCUT2D eigenvalue weighted by Gasteiger charge is 2.06. The van der Waals surface area contributed by atoms with E-state index >= 15 is 0 Å². The maximum atomic E-state index is 4.43. The number of nitrogens with zero attached hydrogens (tertiary/aromatic N) is 4. The Labute approximate surface area is 97.3 Å². The van der Waals surface area contributed by atoms with Crippen LogP contribution in [0.5, 0.6) is 0 Å². The molecule has 0 fully saturated rings. The van der Waals surface area contributed by atoms with E-state index in [2.05, 4.69) is 46.2 Å². The van der Waals surface area contributed by atoms with E-state index in [0.29, 0.717) is 5.95 Å². The van der Waals surface area contributed by atoms with Gasteiger partial charge in [-0.2, -0.15) is 10.1 Å². The van der Waals surface area contributed by atoms with Crippen LogP contribution in [0.1, 0.15) is 33.6 Å². The average molecular weight is 223 g/mol. The lowest BCUT2D eigenvalue weighted by atomic mass is 10.3. The van der Waals surface area contributed by atoms with Crippen LogP contribution in [0.25, 0.3) is 0 Å². The predicted molar refractivity (Wildman–Crippen MR) is 66.8 cm³/mol. The molecule has 0 aliphatic heterocycles. The van der Waals surface area contributed by atoms with Crippen LogP contribution in [0.4, 0.5) is 11.8 Å². The van der Waals surface area contributed by atoms with Gasteiger partial charge in [-0.1, -0.05) is 13.3 Å². The molecule has 0 radical (unpaired) electrons. The molecule has 1 heterocycles. The number of hydrogen-bond acceptors (Lipinski definition) is 5. The summed E-state index contributed by atoms with van der Waals surface area (Å²) in [4.78, 5) is 6.51. The molecule has 16 heavy (non-hydrogen) atoms. The summed E-state index contributed by atoms with van der Waals surface area (Å²) in [6, 6.07) is 0. The highest BCUT2D eigenvalue weighted by molar-refractivity contribution is 5.38. The number of nitrogens with one attached hydrogen (secondary N) is 1. The summed E-state index contributed by atoms with van der Waals surface area (Å²) in [6.45, 7) is 9.08. The number of aromatic nitrogens is 3. The summed E-state index contributed by atoms with van der Waals surface area (Å²) in [5.41, 5.74) is 0. The minimum atomic E-state index is 0.700. The van der Waals surface area contributed by atoms with Crippen molar-refractivity contribution in [3.05, 3.63) is 6.20 Å². The Bertz CT molecular complexity index is 298. The minimum Gasteiger partial charge on any atom is -0.369 e. The van der Waals surface area contributed by atoms with Gasteiger partial charge in [-0.05, 0) is 20.3 Å². The monoisotopic (exact) mass is 223 g/mol. The first-order valence-corrected chi connectivity index (χ1v) is 6.00. The Morgan fingerprint density at radius 3 is 2.62 bits per heavy atom. The molecule has 1 aromatic rings. The first kappa shape index (κ1) is 12.7. The van der Waals surface area contributed by atoms with Crippen LogP contribution in [0, 0.1) is 0 Å². The normalized spacial score (nSPS) is 10.2. The van der Waals surface area contributed by atoms with E-state index in [1.165, 1.54) is 6.42 Å². The number of anilines is 2. The second-order valence-electron chi connectivity index (χ2n) is 3.59. The van der Waals surface area contributed by atoms with Crippen molar-refractivity contribution in [2.75, 3.05) is 29.9 Å². The van der Waals surface area contributed by atoms with E-state index in [9.17, 15) is 0 Å². The van der Waals surface area contributed by atoms with Gasteiger partial charge in [0, 0.05) is 19.6 Å². The summed E-state index contributed by atoms with van der Waals surface area (Å²) in [5.74, 6) is 1.51. The van der Waals surface area contributed by atoms with Gasteiger partial charge in [0.1, 0.15) is 0 Å². The molecule has 0 aliphatic carbocycles. The highest BCUT2D eigenvalue weighted by atomic mass is 15.3.